The molecule has 1 aliphatic heterocycles. The van der Waals surface area contributed by atoms with Crippen molar-refractivity contribution < 1.29 is 4.79 Å². The predicted molar refractivity (Wildman–Crippen MR) is 115 cm³/mol. The maximum atomic E-state index is 12.9. The van der Waals surface area contributed by atoms with Gasteiger partial charge in [-0.05, 0) is 24.6 Å². The minimum Gasteiger partial charge on any atom is -0.354 e. The molecule has 1 aliphatic rings. The zero-order chi connectivity index (χ0) is 20.1. The third-order valence-corrected chi connectivity index (χ3v) is 4.96. The highest BCUT2D eigenvalue weighted by atomic mass is 16.2. The molecule has 7 nitrogen and oxygen atoms in total. The van der Waals surface area contributed by atoms with Gasteiger partial charge in [-0.25, -0.2) is 4.98 Å². The molecule has 1 amide bonds. The quantitative estimate of drug-likeness (QED) is 0.677. The van der Waals surface area contributed by atoms with Crippen molar-refractivity contribution in [3.8, 4) is 11.3 Å². The van der Waals surface area contributed by atoms with E-state index < -0.39 is 0 Å². The highest BCUT2D eigenvalue weighted by Crippen LogP contribution is 2.21. The van der Waals surface area contributed by atoms with Crippen molar-refractivity contribution in [1.29, 1.82) is 0 Å². The molecule has 7 heteroatoms. The van der Waals surface area contributed by atoms with Gasteiger partial charge in [0.1, 0.15) is 11.5 Å². The van der Waals surface area contributed by atoms with Crippen LogP contribution in [0, 0.1) is 0 Å². The average molecular weight is 390 g/mol. The Morgan fingerprint density at radius 2 is 1.93 bits per heavy atom. The lowest BCUT2D eigenvalue weighted by Gasteiger charge is -2.28. The molecule has 0 spiro atoms. The number of pyridine rings is 1. The Morgan fingerprint density at radius 1 is 1.14 bits per heavy atom. The van der Waals surface area contributed by atoms with Gasteiger partial charge in [0.25, 0.3) is 5.91 Å². The summed E-state index contributed by atoms with van der Waals surface area (Å²) in [5.74, 6) is 0.761. The molecule has 1 aromatic carbocycles. The van der Waals surface area contributed by atoms with E-state index in [1.165, 1.54) is 0 Å². The molecule has 2 N–H and O–H groups in total. The van der Waals surface area contributed by atoms with Gasteiger partial charge >= 0.3 is 0 Å². The molecule has 0 unspecified atom stereocenters. The zero-order valence-electron chi connectivity index (χ0n) is 16.6. The Morgan fingerprint density at radius 3 is 2.62 bits per heavy atom. The van der Waals surface area contributed by atoms with Crippen LogP contribution in [0.2, 0.25) is 0 Å². The van der Waals surface area contributed by atoms with Gasteiger partial charge < -0.3 is 15.5 Å². The van der Waals surface area contributed by atoms with E-state index in [9.17, 15) is 4.79 Å². The molecule has 3 aromatic rings. The smallest absolute Gasteiger partial charge is 0.273 e. The third kappa shape index (κ3) is 4.46. The van der Waals surface area contributed by atoms with Gasteiger partial charge in [0.15, 0.2) is 0 Å². The van der Waals surface area contributed by atoms with Gasteiger partial charge in [-0.1, -0.05) is 37.3 Å². The van der Waals surface area contributed by atoms with Crippen molar-refractivity contribution in [3.63, 3.8) is 0 Å². The summed E-state index contributed by atoms with van der Waals surface area (Å²) >= 11 is 0. The first-order chi connectivity index (χ1) is 14.2. The number of rotatable bonds is 6. The minimum absolute atomic E-state index is 0.176. The van der Waals surface area contributed by atoms with Crippen molar-refractivity contribution in [2.75, 3.05) is 36.4 Å². The van der Waals surface area contributed by atoms with Crippen LogP contribution in [0.5, 0.6) is 0 Å². The van der Waals surface area contributed by atoms with Crippen LogP contribution in [0.3, 0.4) is 0 Å². The molecule has 1 fully saturated rings. The van der Waals surface area contributed by atoms with Crippen LogP contribution >= 0.6 is 0 Å². The summed E-state index contributed by atoms with van der Waals surface area (Å²) in [4.78, 5) is 19.7. The van der Waals surface area contributed by atoms with Crippen LogP contribution in [-0.2, 0) is 6.54 Å². The van der Waals surface area contributed by atoms with E-state index in [-0.39, 0.29) is 5.91 Å². The summed E-state index contributed by atoms with van der Waals surface area (Å²) in [5, 5.41) is 10.9. The number of nitrogens with one attached hydrogen (secondary N) is 2. The summed E-state index contributed by atoms with van der Waals surface area (Å²) in [6, 6.07) is 15.6. The Labute approximate surface area is 170 Å². The Balaban J connectivity index is 1.51. The first-order valence-corrected chi connectivity index (χ1v) is 10.1. The van der Waals surface area contributed by atoms with Crippen LogP contribution in [0.25, 0.3) is 11.3 Å². The van der Waals surface area contributed by atoms with Gasteiger partial charge in [-0.3, -0.25) is 9.48 Å². The van der Waals surface area contributed by atoms with E-state index in [2.05, 4.69) is 32.5 Å². The summed E-state index contributed by atoms with van der Waals surface area (Å²) in [5.41, 5.74) is 3.03. The topological polar surface area (TPSA) is 75.1 Å². The Kier molecular flexibility index (Phi) is 5.86. The average Bonchev–Trinajstić information content (AvgIpc) is 3.20. The molecule has 0 radical (unpaired) electrons. The maximum Gasteiger partial charge on any atom is 0.273 e. The molecule has 0 aliphatic carbocycles. The van der Waals surface area contributed by atoms with E-state index in [0.29, 0.717) is 17.9 Å². The fraction of sp³-hybridized carbons (Fsp3) is 0.318. The van der Waals surface area contributed by atoms with Gasteiger partial charge in [-0.2, -0.15) is 5.10 Å². The number of aromatic nitrogens is 3. The predicted octanol–water partition coefficient (Wildman–Crippen LogP) is 3.02. The molecule has 2 aromatic heterocycles. The number of carbonyl (C=O) groups excluding carboxylic acids is 1. The SMILES string of the molecule is CCCn1nc(-c2ccccc2)cc1C(=O)Nc1ccc(N2CCNCC2)nc1. The van der Waals surface area contributed by atoms with Crippen LogP contribution in [0.1, 0.15) is 23.8 Å². The number of anilines is 2. The lowest BCUT2D eigenvalue weighted by atomic mass is 10.1. The number of aryl methyl sites for hydroxylation is 1. The first kappa shape index (κ1) is 19.1. The summed E-state index contributed by atoms with van der Waals surface area (Å²) in [7, 11) is 0. The van der Waals surface area contributed by atoms with Gasteiger partial charge in [0.2, 0.25) is 0 Å². The maximum absolute atomic E-state index is 12.9. The van der Waals surface area contributed by atoms with Crippen LogP contribution in [0.4, 0.5) is 11.5 Å². The molecule has 0 bridgehead atoms. The molecule has 1 saturated heterocycles. The third-order valence-electron chi connectivity index (χ3n) is 4.96. The van der Waals surface area contributed by atoms with E-state index in [1.807, 2.05) is 48.5 Å². The molecule has 0 saturated carbocycles. The van der Waals surface area contributed by atoms with Crippen molar-refractivity contribution in [1.82, 2.24) is 20.1 Å². The second-order valence-electron chi connectivity index (χ2n) is 7.10. The van der Waals surface area contributed by atoms with Gasteiger partial charge in [0.05, 0.1) is 17.6 Å². The van der Waals surface area contributed by atoms with E-state index in [0.717, 1.165) is 49.7 Å². The summed E-state index contributed by atoms with van der Waals surface area (Å²) in [6.07, 6.45) is 2.62. The summed E-state index contributed by atoms with van der Waals surface area (Å²) in [6.45, 7) is 6.57. The van der Waals surface area contributed by atoms with Crippen molar-refractivity contribution in [2.45, 2.75) is 19.9 Å². The molecular weight excluding hydrogens is 364 g/mol. The number of piperazine rings is 1. The molecule has 3 heterocycles. The van der Waals surface area contributed by atoms with Gasteiger partial charge in [-0.15, -0.1) is 0 Å². The Bertz CT molecular complexity index is 945. The highest BCUT2D eigenvalue weighted by Gasteiger charge is 2.17. The van der Waals surface area contributed by atoms with E-state index in [1.54, 1.807) is 10.9 Å². The number of benzene rings is 1. The molecular formula is C22H26N6O. The van der Waals surface area contributed by atoms with Gasteiger partial charge in [0, 0.05) is 38.3 Å². The van der Waals surface area contributed by atoms with Crippen LogP contribution < -0.4 is 15.5 Å². The molecule has 0 atom stereocenters. The van der Waals surface area contributed by atoms with Crippen molar-refractivity contribution >= 4 is 17.4 Å². The molecule has 29 heavy (non-hydrogen) atoms. The highest BCUT2D eigenvalue weighted by molar-refractivity contribution is 6.03. The van der Waals surface area contributed by atoms with E-state index >= 15 is 0 Å². The number of carbonyl (C=O) groups is 1. The lowest BCUT2D eigenvalue weighted by molar-refractivity contribution is 0.101. The zero-order valence-corrected chi connectivity index (χ0v) is 16.6. The lowest BCUT2D eigenvalue weighted by Crippen LogP contribution is -2.43. The number of nitrogens with zero attached hydrogens (tertiary/aromatic N) is 4. The number of hydrogen-bond donors (Lipinski definition) is 2. The largest absolute Gasteiger partial charge is 0.354 e. The van der Waals surface area contributed by atoms with Crippen molar-refractivity contribution in [2.24, 2.45) is 0 Å². The number of amides is 1. The van der Waals surface area contributed by atoms with Crippen molar-refractivity contribution in [3.05, 3.63) is 60.4 Å². The van der Waals surface area contributed by atoms with Crippen LogP contribution in [0.15, 0.2) is 54.7 Å². The van der Waals surface area contributed by atoms with E-state index in [4.69, 9.17) is 0 Å². The number of hydrogen-bond acceptors (Lipinski definition) is 5. The molecule has 4 rings (SSSR count). The standard InChI is InChI=1S/C22H26N6O/c1-2-12-28-20(15-19(26-28)17-6-4-3-5-7-17)22(29)25-18-8-9-21(24-16-18)27-13-10-23-11-14-27/h3-9,15-16,23H,2,10-14H2,1H3,(H,25,29). The molecule has 150 valence electrons. The first-order valence-electron chi connectivity index (χ1n) is 10.1. The fourth-order valence-corrected chi connectivity index (χ4v) is 3.47. The van der Waals surface area contributed by atoms with Crippen LogP contribution in [-0.4, -0.2) is 46.9 Å². The normalized spacial score (nSPS) is 14.0. The second kappa shape index (κ2) is 8.87. The monoisotopic (exact) mass is 390 g/mol. The Hall–Kier alpha value is -3.19. The summed E-state index contributed by atoms with van der Waals surface area (Å²) < 4.78 is 1.78. The fourth-order valence-electron chi connectivity index (χ4n) is 3.47. The second-order valence-corrected chi connectivity index (χ2v) is 7.10. The minimum atomic E-state index is -0.176.